The molecule has 15 heavy (non-hydrogen) atoms. The van der Waals surface area contributed by atoms with E-state index in [1.807, 2.05) is 0 Å². The molecule has 0 aromatic carbocycles. The summed E-state index contributed by atoms with van der Waals surface area (Å²) in [5.74, 6) is 0. The Labute approximate surface area is 96.5 Å². The molecule has 0 aromatic rings. The van der Waals surface area contributed by atoms with Gasteiger partial charge in [0.1, 0.15) is 0 Å². The molecule has 2 nitrogen and oxygen atoms in total. The summed E-state index contributed by atoms with van der Waals surface area (Å²) in [7, 11) is 0. The predicted molar refractivity (Wildman–Crippen MR) is 69.3 cm³/mol. The highest BCUT2D eigenvalue weighted by Gasteiger charge is 1.89. The fourth-order valence-electron chi connectivity index (χ4n) is 1.38. The van der Waals surface area contributed by atoms with Crippen molar-refractivity contribution in [2.45, 2.75) is 65.7 Å². The molecule has 0 saturated heterocycles. The summed E-state index contributed by atoms with van der Waals surface area (Å²) in [6.07, 6.45) is 9.88. The van der Waals surface area contributed by atoms with Crippen LogP contribution in [-0.2, 0) is 0 Å². The van der Waals surface area contributed by atoms with Gasteiger partial charge in [0.15, 0.2) is 0 Å². The molecule has 0 bridgehead atoms. The van der Waals surface area contributed by atoms with Gasteiger partial charge in [-0.2, -0.15) is 0 Å². The number of nitrogens with one attached hydrogen (secondary N) is 1. The topological polar surface area (TPSA) is 32.3 Å². The quantitative estimate of drug-likeness (QED) is 0.581. The van der Waals surface area contributed by atoms with E-state index in [9.17, 15) is 0 Å². The van der Waals surface area contributed by atoms with Crippen molar-refractivity contribution in [3.05, 3.63) is 0 Å². The van der Waals surface area contributed by atoms with Crippen LogP contribution in [-0.4, -0.2) is 24.8 Å². The summed E-state index contributed by atoms with van der Waals surface area (Å²) in [6, 6.07) is 0. The van der Waals surface area contributed by atoms with E-state index >= 15 is 0 Å². The van der Waals surface area contributed by atoms with E-state index in [0.29, 0.717) is 0 Å². The molecular formula is C13H31NO. The highest BCUT2D eigenvalue weighted by molar-refractivity contribution is 4.47. The lowest BCUT2D eigenvalue weighted by atomic mass is 10.1. The van der Waals surface area contributed by atoms with Gasteiger partial charge in [-0.25, -0.2) is 0 Å². The first kappa shape index (κ1) is 17.3. The Morgan fingerprint density at radius 1 is 0.800 bits per heavy atom. The summed E-state index contributed by atoms with van der Waals surface area (Å²) in [6.45, 7) is 8.70. The molecule has 0 atom stereocenters. The van der Waals surface area contributed by atoms with Crippen LogP contribution >= 0.6 is 0 Å². The molecule has 0 amide bonds. The minimum Gasteiger partial charge on any atom is -0.397 e. The summed E-state index contributed by atoms with van der Waals surface area (Å²) in [4.78, 5) is 0. The van der Waals surface area contributed by atoms with Crippen LogP contribution < -0.4 is 5.32 Å². The van der Waals surface area contributed by atoms with E-state index in [4.69, 9.17) is 5.11 Å². The van der Waals surface area contributed by atoms with Crippen molar-refractivity contribution in [1.82, 2.24) is 5.32 Å². The normalized spacial score (nSPS) is 9.60. The van der Waals surface area contributed by atoms with Gasteiger partial charge in [0.2, 0.25) is 0 Å². The molecule has 2 N–H and O–H groups in total. The highest BCUT2D eigenvalue weighted by atomic mass is 16.2. The number of unbranched alkanes of at least 4 members (excludes halogenated alkanes) is 6. The van der Waals surface area contributed by atoms with Crippen molar-refractivity contribution in [2.75, 3.05) is 19.7 Å². The van der Waals surface area contributed by atoms with Crippen molar-refractivity contribution >= 4 is 0 Å². The van der Waals surface area contributed by atoms with Crippen LogP contribution in [0.3, 0.4) is 0 Å². The average Bonchev–Trinajstić information content (AvgIpc) is 2.23. The van der Waals surface area contributed by atoms with Crippen molar-refractivity contribution in [2.24, 2.45) is 0 Å². The first-order valence-electron chi connectivity index (χ1n) is 6.64. The van der Waals surface area contributed by atoms with E-state index in [1.54, 1.807) is 6.92 Å². The zero-order chi connectivity index (χ0) is 11.8. The van der Waals surface area contributed by atoms with Gasteiger partial charge in [-0.05, 0) is 26.4 Å². The zero-order valence-electron chi connectivity index (χ0n) is 11.0. The maximum absolute atomic E-state index is 7.57. The summed E-state index contributed by atoms with van der Waals surface area (Å²) in [5, 5.41) is 10.9. The smallest absolute Gasteiger partial charge is 0.0402 e. The number of hydrogen-bond donors (Lipinski definition) is 2. The molecule has 0 unspecified atom stereocenters. The highest BCUT2D eigenvalue weighted by Crippen LogP contribution is 2.05. The fraction of sp³-hybridized carbons (Fsp3) is 1.00. The zero-order valence-corrected chi connectivity index (χ0v) is 11.0. The number of rotatable bonds is 9. The summed E-state index contributed by atoms with van der Waals surface area (Å²) < 4.78 is 0. The van der Waals surface area contributed by atoms with Gasteiger partial charge in [-0.1, -0.05) is 52.4 Å². The minimum atomic E-state index is 0.250. The number of aliphatic hydroxyl groups excluding tert-OH is 1. The van der Waals surface area contributed by atoms with E-state index in [1.165, 1.54) is 51.5 Å². The molecule has 0 rings (SSSR count). The second-order valence-electron chi connectivity index (χ2n) is 3.79. The van der Waals surface area contributed by atoms with Crippen LogP contribution in [0.25, 0.3) is 0 Å². The van der Waals surface area contributed by atoms with Crippen LogP contribution in [0.5, 0.6) is 0 Å². The molecule has 0 aliphatic carbocycles. The molecular weight excluding hydrogens is 186 g/mol. The Morgan fingerprint density at radius 3 is 1.73 bits per heavy atom. The van der Waals surface area contributed by atoms with Gasteiger partial charge in [0.05, 0.1) is 0 Å². The molecule has 2 heteroatoms. The van der Waals surface area contributed by atoms with E-state index in [0.717, 1.165) is 6.54 Å². The standard InChI is InChI=1S/C11H25N.C2H6O/c1-3-5-6-7-8-9-10-11-12-4-2;1-2-3/h12H,3-11H2,1-2H3;3H,2H2,1H3. The Bertz CT molecular complexity index is 76.6. The Balaban J connectivity index is 0. The van der Waals surface area contributed by atoms with Crippen LogP contribution in [0, 0.1) is 0 Å². The lowest BCUT2D eigenvalue weighted by Gasteiger charge is -2.01. The first-order chi connectivity index (χ1) is 7.33. The molecule has 0 aliphatic rings. The molecule has 0 heterocycles. The summed E-state index contributed by atoms with van der Waals surface area (Å²) in [5.41, 5.74) is 0. The van der Waals surface area contributed by atoms with Gasteiger partial charge in [-0.3, -0.25) is 0 Å². The lowest BCUT2D eigenvalue weighted by molar-refractivity contribution is 0.318. The van der Waals surface area contributed by atoms with Crippen molar-refractivity contribution in [1.29, 1.82) is 0 Å². The Hall–Kier alpha value is -0.0800. The molecule has 0 aromatic heterocycles. The molecule has 94 valence electrons. The average molecular weight is 217 g/mol. The maximum atomic E-state index is 7.57. The van der Waals surface area contributed by atoms with Gasteiger partial charge >= 0.3 is 0 Å². The lowest BCUT2D eigenvalue weighted by Crippen LogP contribution is -2.13. The molecule has 0 aliphatic heterocycles. The summed E-state index contributed by atoms with van der Waals surface area (Å²) >= 11 is 0. The van der Waals surface area contributed by atoms with E-state index in [2.05, 4.69) is 19.2 Å². The minimum absolute atomic E-state index is 0.250. The first-order valence-corrected chi connectivity index (χ1v) is 6.64. The third kappa shape index (κ3) is 24.9. The monoisotopic (exact) mass is 217 g/mol. The molecule has 0 spiro atoms. The fourth-order valence-corrected chi connectivity index (χ4v) is 1.38. The molecule has 0 saturated carbocycles. The molecule has 0 radical (unpaired) electrons. The SMILES string of the molecule is CCCCCCCCCNCC.CCO. The van der Waals surface area contributed by atoms with E-state index < -0.39 is 0 Å². The van der Waals surface area contributed by atoms with Crippen molar-refractivity contribution in [3.8, 4) is 0 Å². The largest absolute Gasteiger partial charge is 0.397 e. The second kappa shape index (κ2) is 19.5. The van der Waals surface area contributed by atoms with Gasteiger partial charge in [-0.15, -0.1) is 0 Å². The Kier molecular flexibility index (Phi) is 22.5. The van der Waals surface area contributed by atoms with Gasteiger partial charge in [0.25, 0.3) is 0 Å². The van der Waals surface area contributed by atoms with Crippen LogP contribution in [0.2, 0.25) is 0 Å². The molecule has 0 fully saturated rings. The van der Waals surface area contributed by atoms with Gasteiger partial charge < -0.3 is 10.4 Å². The van der Waals surface area contributed by atoms with Gasteiger partial charge in [0, 0.05) is 6.61 Å². The van der Waals surface area contributed by atoms with Crippen molar-refractivity contribution < 1.29 is 5.11 Å². The Morgan fingerprint density at radius 2 is 1.27 bits per heavy atom. The predicted octanol–water partition coefficient (Wildman–Crippen LogP) is 3.35. The maximum Gasteiger partial charge on any atom is 0.0402 e. The third-order valence-electron chi connectivity index (χ3n) is 2.21. The second-order valence-corrected chi connectivity index (χ2v) is 3.79. The van der Waals surface area contributed by atoms with E-state index in [-0.39, 0.29) is 6.61 Å². The van der Waals surface area contributed by atoms with Crippen LogP contribution in [0.1, 0.15) is 65.7 Å². The van der Waals surface area contributed by atoms with Crippen LogP contribution in [0.4, 0.5) is 0 Å². The third-order valence-corrected chi connectivity index (χ3v) is 2.21. The van der Waals surface area contributed by atoms with Crippen LogP contribution in [0.15, 0.2) is 0 Å². The number of hydrogen-bond acceptors (Lipinski definition) is 2. The number of aliphatic hydroxyl groups is 1. The van der Waals surface area contributed by atoms with Crippen molar-refractivity contribution in [3.63, 3.8) is 0 Å².